The maximum absolute atomic E-state index is 12.1. The van der Waals surface area contributed by atoms with Crippen LogP contribution in [0.2, 0.25) is 0 Å². The summed E-state index contributed by atoms with van der Waals surface area (Å²) in [7, 11) is -0.366. The number of benzene rings is 1. The van der Waals surface area contributed by atoms with Crippen molar-refractivity contribution in [2.75, 3.05) is 20.7 Å². The van der Waals surface area contributed by atoms with Gasteiger partial charge in [0.05, 0.1) is 11.5 Å². The van der Waals surface area contributed by atoms with E-state index in [9.17, 15) is 8.42 Å². The lowest BCUT2D eigenvalue weighted by Crippen LogP contribution is -2.23. The van der Waals surface area contributed by atoms with Crippen molar-refractivity contribution in [2.45, 2.75) is 25.7 Å². The van der Waals surface area contributed by atoms with Crippen molar-refractivity contribution in [3.05, 3.63) is 23.3 Å². The maximum Gasteiger partial charge on any atom is 0.242 e. The Morgan fingerprint density at radius 1 is 1.18 bits per heavy atom. The van der Waals surface area contributed by atoms with Gasteiger partial charge in [0.15, 0.2) is 0 Å². The van der Waals surface area contributed by atoms with Crippen LogP contribution in [0.4, 0.5) is 0 Å². The molecule has 0 heterocycles. The molecule has 0 N–H and O–H groups in total. The van der Waals surface area contributed by atoms with E-state index in [4.69, 9.17) is 4.74 Å². The van der Waals surface area contributed by atoms with Gasteiger partial charge in [-0.1, -0.05) is 6.07 Å². The van der Waals surface area contributed by atoms with Crippen molar-refractivity contribution < 1.29 is 13.2 Å². The fourth-order valence-corrected chi connectivity index (χ4v) is 2.71. The summed E-state index contributed by atoms with van der Waals surface area (Å²) in [6, 6.07) is 3.44. The summed E-state index contributed by atoms with van der Waals surface area (Å²) in [6.45, 7) is 6.09. The van der Waals surface area contributed by atoms with Crippen LogP contribution in [0.25, 0.3) is 0 Å². The van der Waals surface area contributed by atoms with Crippen LogP contribution in [0, 0.1) is 13.8 Å². The zero-order valence-electron chi connectivity index (χ0n) is 10.9. The molecular weight excluding hydrogens is 238 g/mol. The number of nitrogens with zero attached hydrogens (tertiary/aromatic N) is 1. The third kappa shape index (κ3) is 2.79. The van der Waals surface area contributed by atoms with E-state index >= 15 is 0 Å². The normalized spacial score (nSPS) is 11.9. The fourth-order valence-electron chi connectivity index (χ4n) is 1.60. The van der Waals surface area contributed by atoms with Crippen LogP contribution in [-0.2, 0) is 10.0 Å². The molecule has 1 aromatic carbocycles. The molecule has 0 aliphatic heterocycles. The average molecular weight is 257 g/mol. The molecule has 0 spiro atoms. The third-order valence-electron chi connectivity index (χ3n) is 2.53. The minimum absolute atomic E-state index is 0.302. The van der Waals surface area contributed by atoms with Crippen LogP contribution < -0.4 is 4.74 Å². The molecule has 96 valence electrons. The molecule has 5 heteroatoms. The SMILES string of the molecule is CCOc1cc(S(=O)(=O)N(C)C)c(C)cc1C. The second-order valence-corrected chi connectivity index (χ2v) is 6.22. The van der Waals surface area contributed by atoms with Crippen molar-refractivity contribution in [1.82, 2.24) is 4.31 Å². The lowest BCUT2D eigenvalue weighted by atomic mass is 10.1. The second-order valence-electron chi connectivity index (χ2n) is 4.10. The Morgan fingerprint density at radius 2 is 1.76 bits per heavy atom. The zero-order chi connectivity index (χ0) is 13.2. The number of hydrogen-bond donors (Lipinski definition) is 0. The topological polar surface area (TPSA) is 46.6 Å². The number of sulfonamides is 1. The number of aryl methyl sites for hydroxylation is 2. The summed E-state index contributed by atoms with van der Waals surface area (Å²) in [5, 5.41) is 0. The van der Waals surface area contributed by atoms with E-state index < -0.39 is 10.0 Å². The van der Waals surface area contributed by atoms with Crippen LogP contribution in [0.15, 0.2) is 17.0 Å². The van der Waals surface area contributed by atoms with Crippen LogP contribution >= 0.6 is 0 Å². The monoisotopic (exact) mass is 257 g/mol. The highest BCUT2D eigenvalue weighted by Gasteiger charge is 2.21. The summed E-state index contributed by atoms with van der Waals surface area (Å²) in [6.07, 6.45) is 0. The Labute approximate surface area is 103 Å². The summed E-state index contributed by atoms with van der Waals surface area (Å²) < 4.78 is 30.8. The second kappa shape index (κ2) is 5.06. The molecule has 0 unspecified atom stereocenters. The lowest BCUT2D eigenvalue weighted by molar-refractivity contribution is 0.336. The first-order valence-corrected chi connectivity index (χ1v) is 6.91. The molecule has 4 nitrogen and oxygen atoms in total. The van der Waals surface area contributed by atoms with Gasteiger partial charge < -0.3 is 4.74 Å². The van der Waals surface area contributed by atoms with E-state index in [0.717, 1.165) is 11.1 Å². The molecule has 1 rings (SSSR count). The van der Waals surface area contributed by atoms with Gasteiger partial charge in [0.2, 0.25) is 10.0 Å². The molecule has 1 aromatic rings. The van der Waals surface area contributed by atoms with Crippen LogP contribution in [0.5, 0.6) is 5.75 Å². The summed E-state index contributed by atoms with van der Waals surface area (Å²) in [5.41, 5.74) is 1.68. The highest BCUT2D eigenvalue weighted by Crippen LogP contribution is 2.27. The van der Waals surface area contributed by atoms with Gasteiger partial charge in [-0.15, -0.1) is 0 Å². The fraction of sp³-hybridized carbons (Fsp3) is 0.500. The first kappa shape index (κ1) is 14.0. The van der Waals surface area contributed by atoms with Gasteiger partial charge in [0.25, 0.3) is 0 Å². The molecule has 0 atom stereocenters. The first-order valence-electron chi connectivity index (χ1n) is 5.47. The standard InChI is InChI=1S/C12H19NO3S/c1-6-16-11-8-12(10(3)7-9(11)2)17(14,15)13(4)5/h7-8H,6H2,1-5H3. The van der Waals surface area contributed by atoms with Crippen LogP contribution in [-0.4, -0.2) is 33.4 Å². The van der Waals surface area contributed by atoms with Crippen molar-refractivity contribution in [3.8, 4) is 5.75 Å². The highest BCUT2D eigenvalue weighted by molar-refractivity contribution is 7.89. The van der Waals surface area contributed by atoms with Gasteiger partial charge in [-0.2, -0.15) is 0 Å². The van der Waals surface area contributed by atoms with Crippen LogP contribution in [0.3, 0.4) is 0 Å². The summed E-state index contributed by atoms with van der Waals surface area (Å²) >= 11 is 0. The predicted octanol–water partition coefficient (Wildman–Crippen LogP) is 1.95. The molecule has 0 bridgehead atoms. The first-order chi connectivity index (χ1) is 7.80. The zero-order valence-corrected chi connectivity index (χ0v) is 11.8. The molecule has 0 aromatic heterocycles. The summed E-state index contributed by atoms with van der Waals surface area (Å²) in [5.74, 6) is 0.624. The average Bonchev–Trinajstić information content (AvgIpc) is 2.21. The van der Waals surface area contributed by atoms with Gasteiger partial charge in [-0.3, -0.25) is 0 Å². The Balaban J connectivity index is 3.40. The van der Waals surface area contributed by atoms with Crippen molar-refractivity contribution >= 4 is 10.0 Å². The van der Waals surface area contributed by atoms with Crippen molar-refractivity contribution in [3.63, 3.8) is 0 Å². The van der Waals surface area contributed by atoms with E-state index in [0.29, 0.717) is 17.3 Å². The largest absolute Gasteiger partial charge is 0.494 e. The van der Waals surface area contributed by atoms with Crippen LogP contribution in [0.1, 0.15) is 18.1 Å². The molecule has 0 saturated heterocycles. The van der Waals surface area contributed by atoms with E-state index in [2.05, 4.69) is 0 Å². The maximum atomic E-state index is 12.1. The minimum atomic E-state index is -3.41. The smallest absolute Gasteiger partial charge is 0.242 e. The Kier molecular flexibility index (Phi) is 4.16. The van der Waals surface area contributed by atoms with Gasteiger partial charge in [-0.25, -0.2) is 12.7 Å². The lowest BCUT2D eigenvalue weighted by Gasteiger charge is -2.16. The Bertz CT molecular complexity index is 507. The molecular formula is C12H19NO3S. The minimum Gasteiger partial charge on any atom is -0.494 e. The molecule has 0 aliphatic carbocycles. The number of rotatable bonds is 4. The van der Waals surface area contributed by atoms with Gasteiger partial charge in [-0.05, 0) is 31.9 Å². The van der Waals surface area contributed by atoms with E-state index in [-0.39, 0.29) is 0 Å². The predicted molar refractivity (Wildman–Crippen MR) is 68.0 cm³/mol. The highest BCUT2D eigenvalue weighted by atomic mass is 32.2. The number of ether oxygens (including phenoxy) is 1. The van der Waals surface area contributed by atoms with Crippen molar-refractivity contribution in [1.29, 1.82) is 0 Å². The Morgan fingerprint density at radius 3 is 2.24 bits per heavy atom. The number of hydrogen-bond acceptors (Lipinski definition) is 3. The van der Waals surface area contributed by atoms with E-state index in [1.54, 1.807) is 13.0 Å². The molecule has 0 radical (unpaired) electrons. The van der Waals surface area contributed by atoms with E-state index in [1.165, 1.54) is 18.4 Å². The molecule has 0 amide bonds. The van der Waals surface area contributed by atoms with Gasteiger partial charge in [0, 0.05) is 20.2 Å². The third-order valence-corrected chi connectivity index (χ3v) is 4.49. The van der Waals surface area contributed by atoms with Gasteiger partial charge >= 0.3 is 0 Å². The van der Waals surface area contributed by atoms with E-state index in [1.807, 2.05) is 19.9 Å². The molecule has 0 saturated carbocycles. The molecule has 0 aliphatic rings. The van der Waals surface area contributed by atoms with Gasteiger partial charge in [0.1, 0.15) is 5.75 Å². The Hall–Kier alpha value is -1.07. The molecule has 0 fully saturated rings. The quantitative estimate of drug-likeness (QED) is 0.828. The van der Waals surface area contributed by atoms with Crippen molar-refractivity contribution in [2.24, 2.45) is 0 Å². The molecule has 17 heavy (non-hydrogen) atoms. The summed E-state index contributed by atoms with van der Waals surface area (Å²) in [4.78, 5) is 0.302.